The standard InChI is InChI=1S/C16H16N4/c1-3-14-19-15(10(2)16(17)20-14)13-9-18-8-11-6-4-5-7-12(11)13/h4-9H,3H2,1-2H3,(H2,17,19,20). The minimum atomic E-state index is 0.541. The molecule has 0 fully saturated rings. The number of aromatic nitrogens is 3. The SMILES string of the molecule is CCc1nc(N)c(C)c(-c2cncc3ccccc23)n1. The van der Waals surface area contributed by atoms with Crippen LogP contribution in [0.15, 0.2) is 36.7 Å². The van der Waals surface area contributed by atoms with E-state index in [1.54, 1.807) is 0 Å². The topological polar surface area (TPSA) is 64.7 Å². The van der Waals surface area contributed by atoms with Crippen molar-refractivity contribution in [3.05, 3.63) is 48.0 Å². The molecule has 0 radical (unpaired) electrons. The summed E-state index contributed by atoms with van der Waals surface area (Å²) in [6.07, 6.45) is 4.46. The van der Waals surface area contributed by atoms with Gasteiger partial charge in [0.1, 0.15) is 11.6 Å². The molecule has 0 atom stereocenters. The lowest BCUT2D eigenvalue weighted by Crippen LogP contribution is -2.04. The monoisotopic (exact) mass is 264 g/mol. The molecule has 0 bridgehead atoms. The van der Waals surface area contributed by atoms with Crippen LogP contribution < -0.4 is 5.73 Å². The molecule has 2 N–H and O–H groups in total. The number of fused-ring (bicyclic) bond motifs is 1. The maximum Gasteiger partial charge on any atom is 0.131 e. The molecule has 0 saturated carbocycles. The summed E-state index contributed by atoms with van der Waals surface area (Å²) in [5, 5.41) is 2.23. The second-order valence-electron chi connectivity index (χ2n) is 4.76. The Kier molecular flexibility index (Phi) is 3.06. The molecular formula is C16H16N4. The molecule has 4 heteroatoms. The Morgan fingerprint density at radius 2 is 1.90 bits per heavy atom. The van der Waals surface area contributed by atoms with Gasteiger partial charge in [-0.15, -0.1) is 0 Å². The van der Waals surface area contributed by atoms with E-state index in [1.807, 2.05) is 44.4 Å². The predicted molar refractivity (Wildman–Crippen MR) is 81.3 cm³/mol. The molecule has 4 nitrogen and oxygen atoms in total. The minimum Gasteiger partial charge on any atom is -0.383 e. The van der Waals surface area contributed by atoms with Gasteiger partial charge in [-0.3, -0.25) is 4.98 Å². The Morgan fingerprint density at radius 1 is 1.10 bits per heavy atom. The van der Waals surface area contributed by atoms with Crippen LogP contribution in [0.4, 0.5) is 5.82 Å². The zero-order valence-corrected chi connectivity index (χ0v) is 11.6. The van der Waals surface area contributed by atoms with Crippen LogP contribution in [0.25, 0.3) is 22.0 Å². The first kappa shape index (κ1) is 12.5. The minimum absolute atomic E-state index is 0.541. The van der Waals surface area contributed by atoms with Gasteiger partial charge in [0, 0.05) is 35.3 Å². The third-order valence-corrected chi connectivity index (χ3v) is 3.47. The fourth-order valence-corrected chi connectivity index (χ4v) is 2.31. The van der Waals surface area contributed by atoms with Crippen molar-refractivity contribution in [1.82, 2.24) is 15.0 Å². The van der Waals surface area contributed by atoms with E-state index in [2.05, 4.69) is 21.0 Å². The van der Waals surface area contributed by atoms with Crippen LogP contribution in [-0.2, 0) is 6.42 Å². The number of benzene rings is 1. The molecule has 0 amide bonds. The number of anilines is 1. The van der Waals surface area contributed by atoms with Crippen molar-refractivity contribution < 1.29 is 0 Å². The summed E-state index contributed by atoms with van der Waals surface area (Å²) in [5.41, 5.74) is 8.79. The van der Waals surface area contributed by atoms with E-state index < -0.39 is 0 Å². The number of nitrogen functional groups attached to an aromatic ring is 1. The Labute approximate surface area is 117 Å². The van der Waals surface area contributed by atoms with E-state index in [1.165, 1.54) is 0 Å². The molecule has 0 aliphatic carbocycles. The third kappa shape index (κ3) is 1.99. The zero-order valence-electron chi connectivity index (χ0n) is 11.6. The first-order valence-corrected chi connectivity index (χ1v) is 6.66. The van der Waals surface area contributed by atoms with Gasteiger partial charge in [-0.05, 0) is 12.3 Å². The van der Waals surface area contributed by atoms with Crippen molar-refractivity contribution in [3.63, 3.8) is 0 Å². The van der Waals surface area contributed by atoms with E-state index in [0.717, 1.165) is 39.8 Å². The molecule has 0 spiro atoms. The largest absolute Gasteiger partial charge is 0.383 e. The molecule has 20 heavy (non-hydrogen) atoms. The fraction of sp³-hybridized carbons (Fsp3) is 0.188. The van der Waals surface area contributed by atoms with Crippen molar-refractivity contribution in [1.29, 1.82) is 0 Å². The van der Waals surface area contributed by atoms with Gasteiger partial charge in [0.25, 0.3) is 0 Å². The van der Waals surface area contributed by atoms with Crippen molar-refractivity contribution in [2.75, 3.05) is 5.73 Å². The van der Waals surface area contributed by atoms with Crippen molar-refractivity contribution in [2.45, 2.75) is 20.3 Å². The highest BCUT2D eigenvalue weighted by molar-refractivity contribution is 5.95. The summed E-state index contributed by atoms with van der Waals surface area (Å²) in [4.78, 5) is 13.3. The molecule has 3 rings (SSSR count). The van der Waals surface area contributed by atoms with Gasteiger partial charge in [0.2, 0.25) is 0 Å². The number of hydrogen-bond donors (Lipinski definition) is 1. The molecule has 2 heterocycles. The van der Waals surface area contributed by atoms with Gasteiger partial charge in [0.15, 0.2) is 0 Å². The second-order valence-corrected chi connectivity index (χ2v) is 4.76. The van der Waals surface area contributed by atoms with Gasteiger partial charge < -0.3 is 5.73 Å². The quantitative estimate of drug-likeness (QED) is 0.772. The zero-order chi connectivity index (χ0) is 14.1. The van der Waals surface area contributed by atoms with Crippen LogP contribution in [0.2, 0.25) is 0 Å². The number of nitrogens with zero attached hydrogens (tertiary/aromatic N) is 3. The Morgan fingerprint density at radius 3 is 2.70 bits per heavy atom. The first-order chi connectivity index (χ1) is 9.70. The molecular weight excluding hydrogens is 248 g/mol. The maximum absolute atomic E-state index is 6.01. The lowest BCUT2D eigenvalue weighted by atomic mass is 10.0. The highest BCUT2D eigenvalue weighted by Gasteiger charge is 2.12. The van der Waals surface area contributed by atoms with E-state index in [4.69, 9.17) is 5.73 Å². The van der Waals surface area contributed by atoms with Crippen molar-refractivity contribution >= 4 is 16.6 Å². The van der Waals surface area contributed by atoms with E-state index in [-0.39, 0.29) is 0 Å². The molecule has 0 saturated heterocycles. The van der Waals surface area contributed by atoms with Gasteiger partial charge in [-0.1, -0.05) is 31.2 Å². The second kappa shape index (κ2) is 4.89. The Balaban J connectivity index is 2.33. The maximum atomic E-state index is 6.01. The number of pyridine rings is 1. The van der Waals surface area contributed by atoms with Crippen molar-refractivity contribution in [2.24, 2.45) is 0 Å². The van der Waals surface area contributed by atoms with Gasteiger partial charge >= 0.3 is 0 Å². The average Bonchev–Trinajstić information content (AvgIpc) is 2.49. The highest BCUT2D eigenvalue weighted by atomic mass is 15.0. The number of aryl methyl sites for hydroxylation is 1. The van der Waals surface area contributed by atoms with Crippen LogP contribution in [0.3, 0.4) is 0 Å². The Bertz CT molecular complexity index is 775. The molecule has 0 aliphatic rings. The molecule has 0 aliphatic heterocycles. The molecule has 0 unspecified atom stereocenters. The lowest BCUT2D eigenvalue weighted by Gasteiger charge is -2.11. The first-order valence-electron chi connectivity index (χ1n) is 6.66. The third-order valence-electron chi connectivity index (χ3n) is 3.47. The normalized spacial score (nSPS) is 10.9. The smallest absolute Gasteiger partial charge is 0.131 e. The van der Waals surface area contributed by atoms with E-state index in [0.29, 0.717) is 5.82 Å². The Hall–Kier alpha value is -2.49. The van der Waals surface area contributed by atoms with E-state index in [9.17, 15) is 0 Å². The summed E-state index contributed by atoms with van der Waals surface area (Å²) in [6.45, 7) is 3.97. The summed E-state index contributed by atoms with van der Waals surface area (Å²) in [6, 6.07) is 8.15. The van der Waals surface area contributed by atoms with Crippen LogP contribution in [0, 0.1) is 6.92 Å². The summed E-state index contributed by atoms with van der Waals surface area (Å²) in [5.74, 6) is 1.30. The molecule has 2 aromatic heterocycles. The number of nitrogens with two attached hydrogens (primary N) is 1. The van der Waals surface area contributed by atoms with E-state index >= 15 is 0 Å². The summed E-state index contributed by atoms with van der Waals surface area (Å²) in [7, 11) is 0. The molecule has 1 aromatic carbocycles. The van der Waals surface area contributed by atoms with Crippen LogP contribution in [0.1, 0.15) is 18.3 Å². The van der Waals surface area contributed by atoms with Crippen LogP contribution in [-0.4, -0.2) is 15.0 Å². The summed E-state index contributed by atoms with van der Waals surface area (Å²) < 4.78 is 0. The lowest BCUT2D eigenvalue weighted by molar-refractivity contribution is 0.940. The van der Waals surface area contributed by atoms with Gasteiger partial charge in [-0.25, -0.2) is 9.97 Å². The average molecular weight is 264 g/mol. The van der Waals surface area contributed by atoms with Crippen molar-refractivity contribution in [3.8, 4) is 11.3 Å². The molecule has 100 valence electrons. The number of hydrogen-bond acceptors (Lipinski definition) is 4. The predicted octanol–water partition coefficient (Wildman–Crippen LogP) is 3.14. The van der Waals surface area contributed by atoms with Gasteiger partial charge in [-0.2, -0.15) is 0 Å². The summed E-state index contributed by atoms with van der Waals surface area (Å²) >= 11 is 0. The number of rotatable bonds is 2. The van der Waals surface area contributed by atoms with Crippen LogP contribution >= 0.6 is 0 Å². The van der Waals surface area contributed by atoms with Gasteiger partial charge in [0.05, 0.1) is 5.69 Å². The highest BCUT2D eigenvalue weighted by Crippen LogP contribution is 2.30. The van der Waals surface area contributed by atoms with Crippen LogP contribution in [0.5, 0.6) is 0 Å². The molecule has 3 aromatic rings. The fourth-order valence-electron chi connectivity index (χ4n) is 2.31.